The van der Waals surface area contributed by atoms with Gasteiger partial charge in [0.1, 0.15) is 0 Å². The van der Waals surface area contributed by atoms with Crippen molar-refractivity contribution in [3.8, 4) is 11.5 Å². The number of piperazine rings is 1. The Labute approximate surface area is 183 Å². The van der Waals surface area contributed by atoms with Crippen LogP contribution in [0.1, 0.15) is 24.5 Å². The van der Waals surface area contributed by atoms with E-state index in [2.05, 4.69) is 15.2 Å². The molecule has 1 saturated heterocycles. The van der Waals surface area contributed by atoms with Gasteiger partial charge in [-0.2, -0.15) is 0 Å². The minimum Gasteiger partial charge on any atom is -0.493 e. The summed E-state index contributed by atoms with van der Waals surface area (Å²) in [4.78, 5) is 33.5. The van der Waals surface area contributed by atoms with Crippen molar-refractivity contribution in [3.05, 3.63) is 53.9 Å². The van der Waals surface area contributed by atoms with Crippen molar-refractivity contribution in [1.82, 2.24) is 20.1 Å². The van der Waals surface area contributed by atoms with Crippen LogP contribution in [0.3, 0.4) is 0 Å². The van der Waals surface area contributed by atoms with Gasteiger partial charge in [-0.15, -0.1) is 0 Å². The Morgan fingerprint density at radius 2 is 1.90 bits per heavy atom. The Kier molecular flexibility index (Phi) is 7.83. The smallest absolute Gasteiger partial charge is 0.237 e. The van der Waals surface area contributed by atoms with Gasteiger partial charge < -0.3 is 19.7 Å². The van der Waals surface area contributed by atoms with Crippen LogP contribution in [0.2, 0.25) is 0 Å². The zero-order valence-electron chi connectivity index (χ0n) is 18.3. The van der Waals surface area contributed by atoms with Crippen molar-refractivity contribution in [2.45, 2.75) is 32.5 Å². The second-order valence-electron chi connectivity index (χ2n) is 7.43. The number of hydrogen-bond acceptors (Lipinski definition) is 6. The highest BCUT2D eigenvalue weighted by Gasteiger charge is 2.33. The molecule has 8 nitrogen and oxygen atoms in total. The normalized spacial score (nSPS) is 16.5. The standard InChI is InChI=1S/C23H30N4O4/c1-4-26(15-17-7-9-24-10-8-17)22(28)14-19-23(29)25-11-12-27(19)16-18-5-6-20(30-2)21(13-18)31-3/h5-10,13,19H,4,11-12,14-16H2,1-3H3,(H,25,29). The van der Waals surface area contributed by atoms with E-state index in [1.54, 1.807) is 31.5 Å². The summed E-state index contributed by atoms with van der Waals surface area (Å²) in [5.41, 5.74) is 2.01. The molecule has 1 aliphatic rings. The van der Waals surface area contributed by atoms with Crippen LogP contribution >= 0.6 is 0 Å². The second-order valence-corrected chi connectivity index (χ2v) is 7.43. The van der Waals surface area contributed by atoms with Crippen LogP contribution in [0, 0.1) is 0 Å². The summed E-state index contributed by atoms with van der Waals surface area (Å²) in [6.45, 7) is 4.80. The number of aromatic nitrogens is 1. The maximum atomic E-state index is 13.0. The van der Waals surface area contributed by atoms with Gasteiger partial charge in [0.2, 0.25) is 11.8 Å². The summed E-state index contributed by atoms with van der Waals surface area (Å²) < 4.78 is 10.7. The summed E-state index contributed by atoms with van der Waals surface area (Å²) in [5, 5.41) is 2.90. The van der Waals surface area contributed by atoms with Gasteiger partial charge in [0.15, 0.2) is 11.5 Å². The Morgan fingerprint density at radius 3 is 2.58 bits per heavy atom. The summed E-state index contributed by atoms with van der Waals surface area (Å²) >= 11 is 0. The molecule has 0 saturated carbocycles. The van der Waals surface area contributed by atoms with Crippen LogP contribution in [0.4, 0.5) is 0 Å². The first-order valence-corrected chi connectivity index (χ1v) is 10.4. The molecule has 8 heteroatoms. The molecule has 0 spiro atoms. The summed E-state index contributed by atoms with van der Waals surface area (Å²) in [5.74, 6) is 1.14. The molecule has 2 heterocycles. The molecule has 166 valence electrons. The van der Waals surface area contributed by atoms with Gasteiger partial charge in [0.25, 0.3) is 0 Å². The minimum absolute atomic E-state index is 0.0429. The van der Waals surface area contributed by atoms with Gasteiger partial charge >= 0.3 is 0 Å². The largest absolute Gasteiger partial charge is 0.493 e. The van der Waals surface area contributed by atoms with E-state index < -0.39 is 6.04 Å². The van der Waals surface area contributed by atoms with Crippen molar-refractivity contribution in [2.75, 3.05) is 33.9 Å². The highest BCUT2D eigenvalue weighted by atomic mass is 16.5. The average Bonchev–Trinajstić information content (AvgIpc) is 2.80. The Hall–Kier alpha value is -3.13. The summed E-state index contributed by atoms with van der Waals surface area (Å²) in [6, 6.07) is 8.99. The van der Waals surface area contributed by atoms with Crippen LogP contribution in [-0.4, -0.2) is 66.5 Å². The van der Waals surface area contributed by atoms with Gasteiger partial charge in [0.05, 0.1) is 26.7 Å². The number of amides is 2. The summed E-state index contributed by atoms with van der Waals surface area (Å²) in [6.07, 6.45) is 3.57. The number of nitrogens with one attached hydrogen (secondary N) is 1. The molecule has 0 aliphatic carbocycles. The highest BCUT2D eigenvalue weighted by molar-refractivity contribution is 5.88. The van der Waals surface area contributed by atoms with Crippen molar-refractivity contribution >= 4 is 11.8 Å². The van der Waals surface area contributed by atoms with E-state index in [0.717, 1.165) is 11.1 Å². The van der Waals surface area contributed by atoms with Crippen LogP contribution in [0.25, 0.3) is 0 Å². The maximum absolute atomic E-state index is 13.0. The third kappa shape index (κ3) is 5.73. The SMILES string of the molecule is CCN(Cc1ccncc1)C(=O)CC1C(=O)NCCN1Cc1ccc(OC)c(OC)c1. The highest BCUT2D eigenvalue weighted by Crippen LogP contribution is 2.28. The fraction of sp³-hybridized carbons (Fsp3) is 0.435. The second kappa shape index (κ2) is 10.8. The molecule has 1 N–H and O–H groups in total. The fourth-order valence-corrected chi connectivity index (χ4v) is 3.77. The molecule has 1 unspecified atom stereocenters. The fourth-order valence-electron chi connectivity index (χ4n) is 3.77. The van der Waals surface area contributed by atoms with Crippen molar-refractivity contribution in [3.63, 3.8) is 0 Å². The lowest BCUT2D eigenvalue weighted by Crippen LogP contribution is -2.56. The summed E-state index contributed by atoms with van der Waals surface area (Å²) in [7, 11) is 3.19. The Bertz CT molecular complexity index is 890. The lowest BCUT2D eigenvalue weighted by molar-refractivity contribution is -0.139. The van der Waals surface area contributed by atoms with E-state index in [1.807, 2.05) is 37.3 Å². The molecule has 1 aromatic carbocycles. The number of carbonyl (C=O) groups excluding carboxylic acids is 2. The lowest BCUT2D eigenvalue weighted by Gasteiger charge is -2.35. The molecule has 2 aromatic rings. The number of methoxy groups -OCH3 is 2. The molecule has 1 aliphatic heterocycles. The third-order valence-electron chi connectivity index (χ3n) is 5.50. The van der Waals surface area contributed by atoms with Gasteiger partial charge in [-0.25, -0.2) is 0 Å². The van der Waals surface area contributed by atoms with E-state index >= 15 is 0 Å². The molecular weight excluding hydrogens is 396 g/mol. The predicted octanol–water partition coefficient (Wildman–Crippen LogP) is 1.84. The molecule has 0 radical (unpaired) electrons. The molecule has 31 heavy (non-hydrogen) atoms. The van der Waals surface area contributed by atoms with Crippen molar-refractivity contribution in [1.29, 1.82) is 0 Å². The van der Waals surface area contributed by atoms with Crippen LogP contribution in [0.15, 0.2) is 42.7 Å². The molecule has 1 atom stereocenters. The predicted molar refractivity (Wildman–Crippen MR) is 117 cm³/mol. The number of nitrogens with zero attached hydrogens (tertiary/aromatic N) is 3. The number of ether oxygens (including phenoxy) is 2. The monoisotopic (exact) mass is 426 g/mol. The number of hydrogen-bond donors (Lipinski definition) is 1. The number of rotatable bonds is 9. The first-order chi connectivity index (χ1) is 15.0. The van der Waals surface area contributed by atoms with Crippen molar-refractivity contribution in [2.24, 2.45) is 0 Å². The minimum atomic E-state index is -0.513. The number of pyridine rings is 1. The van der Waals surface area contributed by atoms with E-state index in [1.165, 1.54) is 0 Å². The third-order valence-corrected chi connectivity index (χ3v) is 5.50. The number of benzene rings is 1. The molecule has 3 rings (SSSR count). The average molecular weight is 427 g/mol. The molecular formula is C23H30N4O4. The quantitative estimate of drug-likeness (QED) is 0.659. The molecule has 2 amide bonds. The van der Waals surface area contributed by atoms with Gasteiger partial charge in [-0.1, -0.05) is 6.07 Å². The van der Waals surface area contributed by atoms with Gasteiger partial charge in [0, 0.05) is 45.1 Å². The lowest BCUT2D eigenvalue weighted by atomic mass is 10.1. The Morgan fingerprint density at radius 1 is 1.16 bits per heavy atom. The maximum Gasteiger partial charge on any atom is 0.237 e. The van der Waals surface area contributed by atoms with Crippen LogP contribution in [-0.2, 0) is 22.7 Å². The van der Waals surface area contributed by atoms with Crippen LogP contribution < -0.4 is 14.8 Å². The van der Waals surface area contributed by atoms with Crippen LogP contribution in [0.5, 0.6) is 11.5 Å². The van der Waals surface area contributed by atoms with Crippen molar-refractivity contribution < 1.29 is 19.1 Å². The van der Waals surface area contributed by atoms with E-state index in [-0.39, 0.29) is 18.2 Å². The molecule has 1 fully saturated rings. The van der Waals surface area contributed by atoms with E-state index in [0.29, 0.717) is 44.2 Å². The first kappa shape index (κ1) is 22.6. The topological polar surface area (TPSA) is 84.0 Å². The molecule has 1 aromatic heterocycles. The Balaban J connectivity index is 1.71. The van der Waals surface area contributed by atoms with Gasteiger partial charge in [-0.3, -0.25) is 19.5 Å². The van der Waals surface area contributed by atoms with E-state index in [4.69, 9.17) is 9.47 Å². The zero-order valence-corrected chi connectivity index (χ0v) is 18.3. The number of carbonyl (C=O) groups is 2. The molecule has 0 bridgehead atoms. The van der Waals surface area contributed by atoms with E-state index in [9.17, 15) is 9.59 Å². The first-order valence-electron chi connectivity index (χ1n) is 10.4. The zero-order chi connectivity index (χ0) is 22.2. The van der Waals surface area contributed by atoms with Gasteiger partial charge in [-0.05, 0) is 42.3 Å².